The van der Waals surface area contributed by atoms with Crippen molar-refractivity contribution >= 4 is 22.5 Å². The van der Waals surface area contributed by atoms with E-state index >= 15 is 0 Å². The fourth-order valence-corrected chi connectivity index (χ4v) is 4.65. The van der Waals surface area contributed by atoms with Gasteiger partial charge in [-0.25, -0.2) is 4.79 Å². The minimum atomic E-state index is -0.434. The van der Waals surface area contributed by atoms with Crippen LogP contribution in [0.1, 0.15) is 17.4 Å². The van der Waals surface area contributed by atoms with Gasteiger partial charge in [0.25, 0.3) is 5.56 Å². The summed E-state index contributed by atoms with van der Waals surface area (Å²) in [5, 5.41) is 1.11. The molecule has 5 rings (SSSR count). The van der Waals surface area contributed by atoms with E-state index in [1.54, 1.807) is 26.3 Å². The molecule has 7 nitrogen and oxygen atoms in total. The van der Waals surface area contributed by atoms with Gasteiger partial charge in [0.15, 0.2) is 0 Å². The normalized spacial score (nSPS) is 15.7. The zero-order valence-corrected chi connectivity index (χ0v) is 18.7. The maximum Gasteiger partial charge on any atom is 0.331 e. The van der Waals surface area contributed by atoms with Gasteiger partial charge in [-0.2, -0.15) is 0 Å². The van der Waals surface area contributed by atoms with E-state index in [1.807, 2.05) is 36.4 Å². The molecule has 3 heterocycles. The van der Waals surface area contributed by atoms with Gasteiger partial charge in [-0.3, -0.25) is 13.9 Å². The first kappa shape index (κ1) is 20.6. The second kappa shape index (κ2) is 7.69. The average Bonchev–Trinajstić information content (AvgIpc) is 3.17. The molecule has 1 aliphatic rings. The molecule has 0 saturated carbocycles. The molecule has 4 aromatic rings. The standard InChI is InChI=1S/C24H22ClN3O4/c1-26-20-18(23(29)27(2)24(26)30)19(14-4-8-16(25)9-5-14)28-12-13-32-22(21(20)28)15-6-10-17(31-3)11-7-15/h4-11,22H,12-13H2,1-3H3/t22-/m0/s1. The van der Waals surface area contributed by atoms with Gasteiger partial charge in [0.1, 0.15) is 11.9 Å². The largest absolute Gasteiger partial charge is 0.497 e. The first-order valence-corrected chi connectivity index (χ1v) is 10.6. The Labute approximate surface area is 189 Å². The third-order valence-electron chi connectivity index (χ3n) is 6.09. The fraction of sp³-hybridized carbons (Fsp3) is 0.250. The highest BCUT2D eigenvalue weighted by Gasteiger charge is 2.33. The van der Waals surface area contributed by atoms with Crippen LogP contribution in [0.4, 0.5) is 0 Å². The van der Waals surface area contributed by atoms with Gasteiger partial charge in [0.05, 0.1) is 36.0 Å². The van der Waals surface area contributed by atoms with Crippen LogP contribution in [0, 0.1) is 0 Å². The zero-order valence-electron chi connectivity index (χ0n) is 18.0. The molecule has 1 atom stereocenters. The first-order valence-electron chi connectivity index (χ1n) is 10.3. The van der Waals surface area contributed by atoms with Crippen LogP contribution < -0.4 is 16.0 Å². The highest BCUT2D eigenvalue weighted by molar-refractivity contribution is 6.30. The maximum absolute atomic E-state index is 13.4. The van der Waals surface area contributed by atoms with E-state index in [0.29, 0.717) is 29.1 Å². The van der Waals surface area contributed by atoms with Gasteiger partial charge in [-0.15, -0.1) is 0 Å². The molecule has 164 valence electrons. The van der Waals surface area contributed by atoms with Crippen LogP contribution in [-0.4, -0.2) is 27.4 Å². The summed E-state index contributed by atoms with van der Waals surface area (Å²) < 4.78 is 16.3. The molecule has 0 spiro atoms. The van der Waals surface area contributed by atoms with Gasteiger partial charge < -0.3 is 14.0 Å². The lowest BCUT2D eigenvalue weighted by atomic mass is 10.0. The van der Waals surface area contributed by atoms with Crippen molar-refractivity contribution in [3.05, 3.63) is 85.6 Å². The van der Waals surface area contributed by atoms with E-state index < -0.39 is 6.10 Å². The molecule has 0 saturated heterocycles. The van der Waals surface area contributed by atoms with E-state index in [-0.39, 0.29) is 11.2 Å². The molecular formula is C24H22ClN3O4. The molecule has 0 N–H and O–H groups in total. The number of aryl methyl sites for hydroxylation is 1. The monoisotopic (exact) mass is 451 g/mol. The first-order chi connectivity index (χ1) is 15.4. The Morgan fingerprint density at radius 1 is 1.00 bits per heavy atom. The molecule has 1 aliphatic heterocycles. The van der Waals surface area contributed by atoms with Crippen LogP contribution in [0.3, 0.4) is 0 Å². The Balaban J connectivity index is 1.89. The highest BCUT2D eigenvalue weighted by Crippen LogP contribution is 2.40. The van der Waals surface area contributed by atoms with Gasteiger partial charge >= 0.3 is 5.69 Å². The van der Waals surface area contributed by atoms with Crippen molar-refractivity contribution in [2.75, 3.05) is 13.7 Å². The third kappa shape index (κ3) is 3.00. The third-order valence-corrected chi connectivity index (χ3v) is 6.34. The molecule has 8 heteroatoms. The quantitative estimate of drug-likeness (QED) is 0.478. The van der Waals surface area contributed by atoms with Crippen LogP contribution in [0.15, 0.2) is 58.1 Å². The van der Waals surface area contributed by atoms with Crippen molar-refractivity contribution in [3.63, 3.8) is 0 Å². The Morgan fingerprint density at radius 2 is 1.69 bits per heavy atom. The Kier molecular flexibility index (Phi) is 4.95. The number of halogens is 1. The molecule has 0 bridgehead atoms. The van der Waals surface area contributed by atoms with Crippen molar-refractivity contribution in [1.29, 1.82) is 0 Å². The number of ether oxygens (including phenoxy) is 2. The summed E-state index contributed by atoms with van der Waals surface area (Å²) in [4.78, 5) is 26.2. The van der Waals surface area contributed by atoms with E-state index in [2.05, 4.69) is 4.57 Å². The molecule has 0 aliphatic carbocycles. The number of hydrogen-bond donors (Lipinski definition) is 0. The lowest BCUT2D eigenvalue weighted by Crippen LogP contribution is -2.37. The number of benzene rings is 2. The predicted molar refractivity (Wildman–Crippen MR) is 124 cm³/mol. The summed E-state index contributed by atoms with van der Waals surface area (Å²) in [6.45, 7) is 1.03. The summed E-state index contributed by atoms with van der Waals surface area (Å²) in [6.07, 6.45) is -0.434. The molecule has 2 aromatic carbocycles. The van der Waals surface area contributed by atoms with E-state index in [1.165, 1.54) is 11.6 Å². The van der Waals surface area contributed by atoms with Crippen molar-refractivity contribution < 1.29 is 9.47 Å². The van der Waals surface area contributed by atoms with Crippen LogP contribution in [0.25, 0.3) is 22.2 Å². The second-order valence-electron chi connectivity index (χ2n) is 7.85. The Hall–Kier alpha value is -3.29. The maximum atomic E-state index is 13.4. The number of aromatic nitrogens is 3. The van der Waals surface area contributed by atoms with Gasteiger partial charge in [0.2, 0.25) is 0 Å². The number of nitrogens with zero attached hydrogens (tertiary/aromatic N) is 3. The molecule has 2 aromatic heterocycles. The van der Waals surface area contributed by atoms with Crippen molar-refractivity contribution in [2.24, 2.45) is 14.1 Å². The second-order valence-corrected chi connectivity index (χ2v) is 8.28. The topological polar surface area (TPSA) is 67.4 Å². The summed E-state index contributed by atoms with van der Waals surface area (Å²) in [5.41, 5.74) is 3.21. The summed E-state index contributed by atoms with van der Waals surface area (Å²) in [7, 11) is 4.81. The van der Waals surface area contributed by atoms with Gasteiger partial charge in [-0.1, -0.05) is 35.9 Å². The Morgan fingerprint density at radius 3 is 2.34 bits per heavy atom. The molecule has 0 amide bonds. The minimum Gasteiger partial charge on any atom is -0.497 e. The molecule has 0 fully saturated rings. The summed E-state index contributed by atoms with van der Waals surface area (Å²) in [5.74, 6) is 0.743. The van der Waals surface area contributed by atoms with Crippen LogP contribution in [0.5, 0.6) is 5.75 Å². The average molecular weight is 452 g/mol. The Bertz CT molecular complexity index is 1450. The summed E-state index contributed by atoms with van der Waals surface area (Å²) in [6, 6.07) is 15.0. The van der Waals surface area contributed by atoms with Crippen LogP contribution in [0.2, 0.25) is 5.02 Å². The van der Waals surface area contributed by atoms with Gasteiger partial charge in [-0.05, 0) is 35.4 Å². The summed E-state index contributed by atoms with van der Waals surface area (Å²) >= 11 is 6.12. The number of methoxy groups -OCH3 is 1. The molecule has 0 unspecified atom stereocenters. The van der Waals surface area contributed by atoms with Crippen LogP contribution >= 0.6 is 11.6 Å². The molecule has 0 radical (unpaired) electrons. The van der Waals surface area contributed by atoms with E-state index in [9.17, 15) is 9.59 Å². The van der Waals surface area contributed by atoms with Crippen molar-refractivity contribution in [3.8, 4) is 17.0 Å². The highest BCUT2D eigenvalue weighted by atomic mass is 35.5. The van der Waals surface area contributed by atoms with Crippen LogP contribution in [-0.2, 0) is 25.4 Å². The van der Waals surface area contributed by atoms with Gasteiger partial charge in [0, 0.05) is 25.7 Å². The zero-order chi connectivity index (χ0) is 22.6. The number of rotatable bonds is 3. The lowest BCUT2D eigenvalue weighted by Gasteiger charge is -2.27. The SMILES string of the molecule is COc1ccc([C@@H]2OCCn3c(-c4ccc(Cl)cc4)c4c(=O)n(C)c(=O)n(C)c4c32)cc1. The van der Waals surface area contributed by atoms with Crippen molar-refractivity contribution in [1.82, 2.24) is 13.7 Å². The minimum absolute atomic E-state index is 0.330. The number of hydrogen-bond acceptors (Lipinski definition) is 4. The lowest BCUT2D eigenvalue weighted by molar-refractivity contribution is 0.0478. The molecular weight excluding hydrogens is 430 g/mol. The van der Waals surface area contributed by atoms with E-state index in [0.717, 1.165) is 32.8 Å². The fourth-order valence-electron chi connectivity index (χ4n) is 4.52. The van der Waals surface area contributed by atoms with E-state index in [4.69, 9.17) is 21.1 Å². The predicted octanol–water partition coefficient (Wildman–Crippen LogP) is 3.49. The smallest absolute Gasteiger partial charge is 0.331 e. The molecule has 32 heavy (non-hydrogen) atoms. The number of fused-ring (bicyclic) bond motifs is 3. The van der Waals surface area contributed by atoms with Crippen molar-refractivity contribution in [2.45, 2.75) is 12.6 Å².